The monoisotopic (exact) mass is 476 g/mol. The van der Waals surface area contributed by atoms with Crippen LogP contribution in [-0.2, 0) is 4.79 Å². The first-order valence-electron chi connectivity index (χ1n) is 10.3. The van der Waals surface area contributed by atoms with Crippen molar-refractivity contribution in [2.45, 2.75) is 11.6 Å². The van der Waals surface area contributed by atoms with E-state index in [0.717, 1.165) is 24.2 Å². The van der Waals surface area contributed by atoms with Gasteiger partial charge in [-0.2, -0.15) is 0 Å². The predicted molar refractivity (Wildman–Crippen MR) is 120 cm³/mol. The normalized spacial score (nSPS) is 23.2. The SMILES string of the molecule is N/C=C(\C=C(/CN1C[C@@H]2[C@@H](N)[C@@H]2C1)c1cncnc1)C(=O)Nc1ccc(OC(F)(F)Cl)cc1. The van der Waals surface area contributed by atoms with Crippen LogP contribution >= 0.6 is 11.6 Å². The smallest absolute Gasteiger partial charge is 0.420 e. The number of fused-ring (bicyclic) bond motifs is 1. The summed E-state index contributed by atoms with van der Waals surface area (Å²) in [6.07, 6.45) is 7.70. The number of aromatic nitrogens is 2. The van der Waals surface area contributed by atoms with Gasteiger partial charge in [0.15, 0.2) is 0 Å². The number of benzene rings is 1. The lowest BCUT2D eigenvalue weighted by Gasteiger charge is -2.21. The first kappa shape index (κ1) is 23.1. The summed E-state index contributed by atoms with van der Waals surface area (Å²) in [6.45, 7) is 2.40. The number of rotatable bonds is 8. The topological polar surface area (TPSA) is 119 Å². The highest BCUT2D eigenvalue weighted by atomic mass is 35.5. The summed E-state index contributed by atoms with van der Waals surface area (Å²) in [7, 11) is 0. The molecular weight excluding hydrogens is 454 g/mol. The molecule has 3 atom stereocenters. The molecule has 1 aromatic carbocycles. The van der Waals surface area contributed by atoms with Crippen LogP contribution in [-0.4, -0.2) is 52.0 Å². The maximum Gasteiger partial charge on any atom is 0.487 e. The first-order valence-corrected chi connectivity index (χ1v) is 10.6. The number of halogens is 3. The molecule has 1 saturated heterocycles. The highest BCUT2D eigenvalue weighted by molar-refractivity contribution is 6.20. The number of amides is 1. The Kier molecular flexibility index (Phi) is 6.59. The molecule has 1 aliphatic heterocycles. The average molecular weight is 477 g/mol. The Hall–Kier alpha value is -3.08. The van der Waals surface area contributed by atoms with E-state index in [4.69, 9.17) is 23.1 Å². The van der Waals surface area contributed by atoms with Crippen molar-refractivity contribution in [3.63, 3.8) is 0 Å². The number of carbonyl (C=O) groups is 1. The van der Waals surface area contributed by atoms with E-state index in [1.54, 1.807) is 18.5 Å². The van der Waals surface area contributed by atoms with Gasteiger partial charge in [-0.15, -0.1) is 8.78 Å². The Morgan fingerprint density at radius 3 is 2.45 bits per heavy atom. The number of anilines is 1. The van der Waals surface area contributed by atoms with E-state index >= 15 is 0 Å². The fourth-order valence-electron chi connectivity index (χ4n) is 4.04. The standard InChI is InChI=1S/C22H23ClF2N6O2/c23-22(24,25)33-17-3-1-16(2-4-17)30-21(32)13(6-26)5-14(15-7-28-12-29-8-15)9-31-10-18-19(11-31)20(18)27/h1-8,12,18-20H,9-11,26-27H2,(H,30,32)/b13-6+,14-5+/t18-,19+,20+. The van der Waals surface area contributed by atoms with Gasteiger partial charge in [-0.05, 0) is 47.8 Å². The van der Waals surface area contributed by atoms with Crippen molar-refractivity contribution < 1.29 is 18.3 Å². The summed E-state index contributed by atoms with van der Waals surface area (Å²) in [6, 6.07) is 5.65. The Balaban J connectivity index is 1.47. The minimum absolute atomic E-state index is 0.141. The maximum absolute atomic E-state index is 12.8. The van der Waals surface area contributed by atoms with Crippen molar-refractivity contribution in [3.05, 3.63) is 66.4 Å². The van der Waals surface area contributed by atoms with Gasteiger partial charge in [-0.3, -0.25) is 9.69 Å². The Morgan fingerprint density at radius 1 is 1.24 bits per heavy atom. The van der Waals surface area contributed by atoms with Gasteiger partial charge in [0.2, 0.25) is 0 Å². The van der Waals surface area contributed by atoms with Gasteiger partial charge in [0.05, 0.1) is 5.57 Å². The van der Waals surface area contributed by atoms with E-state index in [0.29, 0.717) is 24.1 Å². The number of ether oxygens (including phenoxy) is 1. The largest absolute Gasteiger partial charge is 0.487 e. The number of alkyl halides is 3. The van der Waals surface area contributed by atoms with Crippen molar-refractivity contribution in [3.8, 4) is 5.75 Å². The molecule has 1 saturated carbocycles. The number of likely N-dealkylation sites (tertiary alicyclic amines) is 1. The van der Waals surface area contributed by atoms with Gasteiger partial charge in [-0.25, -0.2) is 9.97 Å². The fraction of sp³-hybridized carbons (Fsp3) is 0.318. The van der Waals surface area contributed by atoms with E-state index < -0.39 is 11.5 Å². The summed E-state index contributed by atoms with van der Waals surface area (Å²) in [5.74, 6) is 0.445. The minimum Gasteiger partial charge on any atom is -0.420 e. The van der Waals surface area contributed by atoms with Crippen LogP contribution in [0.25, 0.3) is 5.57 Å². The van der Waals surface area contributed by atoms with E-state index in [-0.39, 0.29) is 17.4 Å². The second kappa shape index (κ2) is 9.42. The summed E-state index contributed by atoms with van der Waals surface area (Å²) < 4.78 is 29.8. The molecule has 0 unspecified atom stereocenters. The summed E-state index contributed by atoms with van der Waals surface area (Å²) >= 11 is 4.76. The predicted octanol–water partition coefficient (Wildman–Crippen LogP) is 2.40. The number of nitrogens with zero attached hydrogens (tertiary/aromatic N) is 3. The second-order valence-corrected chi connectivity index (χ2v) is 8.48. The summed E-state index contributed by atoms with van der Waals surface area (Å²) in [5.41, 5.74) is 10.2. The van der Waals surface area contributed by atoms with Crippen LogP contribution in [0.15, 0.2) is 60.8 Å². The molecule has 0 bridgehead atoms. The molecule has 2 aromatic rings. The van der Waals surface area contributed by atoms with Crippen LogP contribution < -0.4 is 21.5 Å². The minimum atomic E-state index is -3.82. The molecule has 2 heterocycles. The van der Waals surface area contributed by atoms with E-state index in [9.17, 15) is 13.6 Å². The molecule has 1 aliphatic carbocycles. The van der Waals surface area contributed by atoms with Crippen molar-refractivity contribution in [1.82, 2.24) is 14.9 Å². The van der Waals surface area contributed by atoms with E-state index in [1.807, 2.05) is 0 Å². The molecule has 5 N–H and O–H groups in total. The van der Waals surface area contributed by atoms with Crippen LogP contribution in [0.3, 0.4) is 0 Å². The summed E-state index contributed by atoms with van der Waals surface area (Å²) in [4.78, 5) is 23.3. The third-order valence-corrected chi connectivity index (χ3v) is 5.86. The molecule has 2 fully saturated rings. The molecule has 0 spiro atoms. The van der Waals surface area contributed by atoms with Crippen molar-refractivity contribution in [1.29, 1.82) is 0 Å². The number of hydrogen-bond donors (Lipinski definition) is 3. The fourth-order valence-corrected chi connectivity index (χ4v) is 4.12. The van der Waals surface area contributed by atoms with E-state index in [1.165, 1.54) is 36.8 Å². The Labute approximate surface area is 194 Å². The lowest BCUT2D eigenvalue weighted by Crippen LogP contribution is -2.30. The average Bonchev–Trinajstić information content (AvgIpc) is 3.18. The number of hydrogen-bond acceptors (Lipinski definition) is 7. The second-order valence-electron chi connectivity index (χ2n) is 8.04. The third-order valence-electron chi connectivity index (χ3n) is 5.78. The molecule has 1 aromatic heterocycles. The van der Waals surface area contributed by atoms with Crippen LogP contribution in [0.1, 0.15) is 5.56 Å². The van der Waals surface area contributed by atoms with Crippen LogP contribution in [0.4, 0.5) is 14.5 Å². The number of carbonyl (C=O) groups excluding carboxylic acids is 1. The highest BCUT2D eigenvalue weighted by Crippen LogP contribution is 2.44. The Morgan fingerprint density at radius 2 is 1.88 bits per heavy atom. The lowest BCUT2D eigenvalue weighted by atomic mass is 10.0. The summed E-state index contributed by atoms with van der Waals surface area (Å²) in [5, 5.41) is 2.68. The zero-order chi connectivity index (χ0) is 23.6. The molecule has 2 aliphatic rings. The first-order chi connectivity index (χ1) is 15.7. The van der Waals surface area contributed by atoms with Gasteiger partial charge in [-0.1, -0.05) is 0 Å². The maximum atomic E-state index is 12.8. The third kappa shape index (κ3) is 5.84. The zero-order valence-electron chi connectivity index (χ0n) is 17.5. The van der Waals surface area contributed by atoms with Gasteiger partial charge < -0.3 is 21.5 Å². The Bertz CT molecular complexity index is 1050. The quantitative estimate of drug-likeness (QED) is 0.304. The molecule has 4 rings (SSSR count). The van der Waals surface area contributed by atoms with Crippen LogP contribution in [0.5, 0.6) is 5.75 Å². The van der Waals surface area contributed by atoms with Crippen molar-refractivity contribution in [2.75, 3.05) is 25.0 Å². The molecule has 33 heavy (non-hydrogen) atoms. The zero-order valence-corrected chi connectivity index (χ0v) is 18.3. The number of nitrogens with one attached hydrogen (secondary N) is 1. The number of piperidine rings is 1. The molecule has 174 valence electrons. The van der Waals surface area contributed by atoms with Gasteiger partial charge in [0.25, 0.3) is 5.91 Å². The van der Waals surface area contributed by atoms with Crippen molar-refractivity contribution >= 4 is 28.8 Å². The molecular formula is C22H23ClF2N6O2. The van der Waals surface area contributed by atoms with E-state index in [2.05, 4.69) is 24.9 Å². The highest BCUT2D eigenvalue weighted by Gasteiger charge is 2.53. The van der Waals surface area contributed by atoms with Crippen LogP contribution in [0, 0.1) is 11.8 Å². The lowest BCUT2D eigenvalue weighted by molar-refractivity contribution is -0.112. The molecule has 8 nitrogen and oxygen atoms in total. The van der Waals surface area contributed by atoms with Crippen LogP contribution in [0.2, 0.25) is 0 Å². The van der Waals surface area contributed by atoms with Crippen molar-refractivity contribution in [2.24, 2.45) is 23.3 Å². The molecule has 11 heteroatoms. The molecule has 0 radical (unpaired) electrons. The molecule has 1 amide bonds. The van der Waals surface area contributed by atoms with Gasteiger partial charge in [0.1, 0.15) is 12.1 Å². The van der Waals surface area contributed by atoms with Gasteiger partial charge >= 0.3 is 5.57 Å². The van der Waals surface area contributed by atoms with Gasteiger partial charge in [0, 0.05) is 67.1 Å². The number of nitrogens with two attached hydrogens (primary N) is 2.